The first-order valence-corrected chi connectivity index (χ1v) is 5.41. The molecule has 0 bridgehead atoms. The van der Waals surface area contributed by atoms with E-state index in [1.54, 1.807) is 6.33 Å². The quantitative estimate of drug-likeness (QED) is 0.760. The lowest BCUT2D eigenvalue weighted by Gasteiger charge is -2.23. The minimum atomic E-state index is 0.166. The topological polar surface area (TPSA) is 77.9 Å². The lowest BCUT2D eigenvalue weighted by Crippen LogP contribution is -2.32. The van der Waals surface area contributed by atoms with Gasteiger partial charge in [0, 0.05) is 6.54 Å². The number of aliphatic hydroxyl groups excluding tert-OH is 1. The van der Waals surface area contributed by atoms with Gasteiger partial charge in [0.05, 0.1) is 19.0 Å². The summed E-state index contributed by atoms with van der Waals surface area (Å²) in [6, 6.07) is 0.168. The average molecular weight is 219 g/mol. The molecule has 1 saturated heterocycles. The van der Waals surface area contributed by atoms with Crippen LogP contribution in [0.4, 0.5) is 5.82 Å². The summed E-state index contributed by atoms with van der Waals surface area (Å²) in [6.07, 6.45) is 5.24. The van der Waals surface area contributed by atoms with Crippen molar-refractivity contribution in [3.63, 3.8) is 0 Å². The zero-order valence-electron chi connectivity index (χ0n) is 8.80. The van der Waals surface area contributed by atoms with E-state index in [-0.39, 0.29) is 12.6 Å². The molecule has 1 aliphatic rings. The molecule has 3 rings (SSSR count). The zero-order valence-corrected chi connectivity index (χ0v) is 8.80. The van der Waals surface area contributed by atoms with Crippen LogP contribution in [0.1, 0.15) is 12.8 Å². The highest BCUT2D eigenvalue weighted by Gasteiger charge is 2.26. The van der Waals surface area contributed by atoms with Gasteiger partial charge in [0.15, 0.2) is 11.5 Å². The van der Waals surface area contributed by atoms with Gasteiger partial charge in [0.2, 0.25) is 0 Å². The van der Waals surface area contributed by atoms with E-state index in [2.05, 4.69) is 24.8 Å². The van der Waals surface area contributed by atoms with Gasteiger partial charge < -0.3 is 15.0 Å². The lowest BCUT2D eigenvalue weighted by molar-refractivity contribution is 0.266. The van der Waals surface area contributed by atoms with E-state index in [0.717, 1.165) is 30.7 Å². The van der Waals surface area contributed by atoms with Crippen LogP contribution in [0.25, 0.3) is 11.2 Å². The normalized spacial score (nSPS) is 20.8. The molecule has 6 heteroatoms. The fourth-order valence-corrected chi connectivity index (χ4v) is 2.27. The number of aromatic amines is 1. The van der Waals surface area contributed by atoms with Gasteiger partial charge in [-0.05, 0) is 12.8 Å². The Morgan fingerprint density at radius 1 is 1.44 bits per heavy atom. The molecule has 1 atom stereocenters. The van der Waals surface area contributed by atoms with Crippen LogP contribution in [0.15, 0.2) is 12.7 Å². The lowest BCUT2D eigenvalue weighted by atomic mass is 10.2. The smallest absolute Gasteiger partial charge is 0.182 e. The third kappa shape index (κ3) is 1.34. The van der Waals surface area contributed by atoms with E-state index >= 15 is 0 Å². The number of anilines is 1. The molecular weight excluding hydrogens is 206 g/mol. The number of nitrogens with zero attached hydrogens (tertiary/aromatic N) is 4. The van der Waals surface area contributed by atoms with Crippen LogP contribution >= 0.6 is 0 Å². The van der Waals surface area contributed by atoms with E-state index in [4.69, 9.17) is 0 Å². The number of aromatic nitrogens is 4. The van der Waals surface area contributed by atoms with Gasteiger partial charge in [-0.3, -0.25) is 0 Å². The molecule has 2 aromatic heterocycles. The van der Waals surface area contributed by atoms with Crippen LogP contribution in [0.2, 0.25) is 0 Å². The van der Waals surface area contributed by atoms with Crippen molar-refractivity contribution in [2.75, 3.05) is 18.1 Å². The van der Waals surface area contributed by atoms with E-state index < -0.39 is 0 Å². The van der Waals surface area contributed by atoms with Gasteiger partial charge in [-0.1, -0.05) is 0 Å². The summed E-state index contributed by atoms with van der Waals surface area (Å²) in [6.45, 7) is 1.09. The summed E-state index contributed by atoms with van der Waals surface area (Å²) in [5, 5.41) is 9.31. The Balaban J connectivity index is 2.07. The molecule has 0 saturated carbocycles. The first-order chi connectivity index (χ1) is 7.90. The Labute approximate surface area is 92.4 Å². The molecule has 0 radical (unpaired) electrons. The molecular formula is C10H13N5O. The van der Waals surface area contributed by atoms with E-state index in [9.17, 15) is 5.11 Å². The molecule has 0 aromatic carbocycles. The molecule has 16 heavy (non-hydrogen) atoms. The first-order valence-electron chi connectivity index (χ1n) is 5.41. The van der Waals surface area contributed by atoms with Gasteiger partial charge in [-0.25, -0.2) is 15.0 Å². The van der Waals surface area contributed by atoms with Crippen LogP contribution in [-0.4, -0.2) is 44.2 Å². The number of aliphatic hydroxyl groups is 1. The van der Waals surface area contributed by atoms with Crippen molar-refractivity contribution in [1.29, 1.82) is 0 Å². The maximum Gasteiger partial charge on any atom is 0.182 e. The number of hydrogen-bond acceptors (Lipinski definition) is 5. The minimum absolute atomic E-state index is 0.166. The standard InChI is InChI=1S/C10H13N5O/c16-4-7-2-1-3-15(7)10-8-9(12-5-11-8)13-6-14-10/h5-7,16H,1-4H2,(H,11,12,13,14)/t7-/m1/s1. The van der Waals surface area contributed by atoms with Crippen LogP contribution in [0.3, 0.4) is 0 Å². The molecule has 1 fully saturated rings. The molecule has 3 heterocycles. The second-order valence-electron chi connectivity index (χ2n) is 3.97. The van der Waals surface area contributed by atoms with Crippen LogP contribution in [-0.2, 0) is 0 Å². The van der Waals surface area contributed by atoms with Crippen molar-refractivity contribution in [2.45, 2.75) is 18.9 Å². The number of imidazole rings is 1. The highest BCUT2D eigenvalue weighted by atomic mass is 16.3. The fourth-order valence-electron chi connectivity index (χ4n) is 2.27. The van der Waals surface area contributed by atoms with Gasteiger partial charge in [0.1, 0.15) is 11.8 Å². The van der Waals surface area contributed by atoms with Crippen molar-refractivity contribution >= 4 is 17.0 Å². The predicted octanol–water partition coefficient (Wildman–Crippen LogP) is 0.314. The van der Waals surface area contributed by atoms with Gasteiger partial charge >= 0.3 is 0 Å². The number of nitrogens with one attached hydrogen (secondary N) is 1. The van der Waals surface area contributed by atoms with Crippen molar-refractivity contribution in [3.8, 4) is 0 Å². The highest BCUT2D eigenvalue weighted by Crippen LogP contribution is 2.27. The first kappa shape index (κ1) is 9.53. The maximum absolute atomic E-state index is 9.31. The number of H-pyrrole nitrogens is 1. The Hall–Kier alpha value is -1.69. The monoisotopic (exact) mass is 219 g/mol. The number of rotatable bonds is 2. The van der Waals surface area contributed by atoms with Crippen molar-refractivity contribution in [3.05, 3.63) is 12.7 Å². The second-order valence-corrected chi connectivity index (χ2v) is 3.97. The van der Waals surface area contributed by atoms with Gasteiger partial charge in [-0.15, -0.1) is 0 Å². The summed E-state index contributed by atoms with van der Waals surface area (Å²) in [5.41, 5.74) is 1.52. The predicted molar refractivity (Wildman–Crippen MR) is 59.1 cm³/mol. The van der Waals surface area contributed by atoms with E-state index in [0.29, 0.717) is 5.65 Å². The molecule has 2 N–H and O–H groups in total. The van der Waals surface area contributed by atoms with Crippen molar-refractivity contribution in [2.24, 2.45) is 0 Å². The summed E-state index contributed by atoms with van der Waals surface area (Å²) in [4.78, 5) is 17.7. The van der Waals surface area contributed by atoms with Gasteiger partial charge in [0.25, 0.3) is 0 Å². The zero-order chi connectivity index (χ0) is 11.0. The molecule has 1 aliphatic heterocycles. The molecule has 0 aliphatic carbocycles. The van der Waals surface area contributed by atoms with E-state index in [1.807, 2.05) is 0 Å². The molecule has 2 aromatic rings. The molecule has 0 unspecified atom stereocenters. The third-order valence-electron chi connectivity index (χ3n) is 3.06. The number of fused-ring (bicyclic) bond motifs is 1. The molecule has 0 spiro atoms. The fraction of sp³-hybridized carbons (Fsp3) is 0.500. The van der Waals surface area contributed by atoms with Crippen LogP contribution in [0.5, 0.6) is 0 Å². The Bertz CT molecular complexity index is 497. The van der Waals surface area contributed by atoms with Crippen molar-refractivity contribution in [1.82, 2.24) is 19.9 Å². The van der Waals surface area contributed by atoms with Crippen molar-refractivity contribution < 1.29 is 5.11 Å². The largest absolute Gasteiger partial charge is 0.394 e. The summed E-state index contributed by atoms with van der Waals surface area (Å²) < 4.78 is 0. The number of hydrogen-bond donors (Lipinski definition) is 2. The third-order valence-corrected chi connectivity index (χ3v) is 3.06. The Morgan fingerprint density at radius 3 is 3.25 bits per heavy atom. The maximum atomic E-state index is 9.31. The van der Waals surface area contributed by atoms with Crippen LogP contribution in [0, 0.1) is 0 Å². The molecule has 0 amide bonds. The Morgan fingerprint density at radius 2 is 2.38 bits per heavy atom. The SMILES string of the molecule is OC[C@H]1CCCN1c1ncnc2nc[nH]c12. The van der Waals surface area contributed by atoms with Gasteiger partial charge in [-0.2, -0.15) is 0 Å². The summed E-state index contributed by atoms with van der Waals surface area (Å²) in [7, 11) is 0. The second kappa shape index (κ2) is 3.71. The Kier molecular flexibility index (Phi) is 2.21. The molecule has 84 valence electrons. The summed E-state index contributed by atoms with van der Waals surface area (Å²) in [5.74, 6) is 0.846. The summed E-state index contributed by atoms with van der Waals surface area (Å²) >= 11 is 0. The average Bonchev–Trinajstić information content (AvgIpc) is 2.96. The minimum Gasteiger partial charge on any atom is -0.394 e. The highest BCUT2D eigenvalue weighted by molar-refractivity contribution is 5.82. The van der Waals surface area contributed by atoms with E-state index in [1.165, 1.54) is 6.33 Å². The van der Waals surface area contributed by atoms with Crippen LogP contribution < -0.4 is 4.90 Å². The molecule has 6 nitrogen and oxygen atoms in total.